The second kappa shape index (κ2) is 8.85. The molecule has 0 atom stereocenters. The van der Waals surface area contributed by atoms with Crippen molar-refractivity contribution in [1.82, 2.24) is 14.9 Å². The fourth-order valence-corrected chi connectivity index (χ4v) is 3.59. The summed E-state index contributed by atoms with van der Waals surface area (Å²) in [7, 11) is -1.65. The minimum atomic E-state index is -3.28. The predicted molar refractivity (Wildman–Crippen MR) is 117 cm³/mol. The molecule has 0 bridgehead atoms. The van der Waals surface area contributed by atoms with Gasteiger partial charge in [0.1, 0.15) is 5.75 Å². The van der Waals surface area contributed by atoms with Crippen LogP contribution >= 0.6 is 0 Å². The summed E-state index contributed by atoms with van der Waals surface area (Å²) >= 11 is 0. The molecule has 9 heteroatoms. The van der Waals surface area contributed by atoms with Gasteiger partial charge >= 0.3 is 0 Å². The van der Waals surface area contributed by atoms with Crippen LogP contribution in [0.1, 0.15) is 41.4 Å². The number of benzene rings is 2. The van der Waals surface area contributed by atoms with E-state index in [0.717, 1.165) is 42.2 Å². The van der Waals surface area contributed by atoms with Crippen LogP contribution in [-0.2, 0) is 23.0 Å². The number of H-pyrrole nitrogens is 1. The number of amides is 1. The molecule has 0 aliphatic carbocycles. The number of nitrogens with one attached hydrogen (secondary N) is 2. The van der Waals surface area contributed by atoms with Crippen molar-refractivity contribution in [3.05, 3.63) is 53.2 Å². The van der Waals surface area contributed by atoms with Gasteiger partial charge < -0.3 is 10.0 Å². The molecule has 0 aliphatic rings. The Morgan fingerprint density at radius 1 is 1.23 bits per heavy atom. The minimum absolute atomic E-state index is 0.112. The molecule has 1 aromatic heterocycles. The normalized spacial score (nSPS) is 11.7. The van der Waals surface area contributed by atoms with Crippen LogP contribution in [-0.4, -0.2) is 42.9 Å². The highest BCUT2D eigenvalue weighted by molar-refractivity contribution is 7.88. The van der Waals surface area contributed by atoms with E-state index in [1.54, 1.807) is 37.4 Å². The number of anilines is 1. The molecular formula is C21H26N4O4S. The van der Waals surface area contributed by atoms with Crippen LogP contribution in [0.25, 0.3) is 10.9 Å². The molecule has 0 radical (unpaired) electrons. The summed E-state index contributed by atoms with van der Waals surface area (Å²) in [6.45, 7) is 2.28. The number of phenolic OH excluding ortho intramolecular Hbond substituents is 1. The first-order valence-electron chi connectivity index (χ1n) is 9.71. The minimum Gasteiger partial charge on any atom is -0.507 e. The molecule has 0 spiro atoms. The Kier molecular flexibility index (Phi) is 6.42. The van der Waals surface area contributed by atoms with Gasteiger partial charge in [0.05, 0.1) is 23.0 Å². The number of carbonyl (C=O) groups is 1. The summed E-state index contributed by atoms with van der Waals surface area (Å²) in [5, 5.41) is 18.4. The van der Waals surface area contributed by atoms with Crippen molar-refractivity contribution >= 4 is 32.5 Å². The summed E-state index contributed by atoms with van der Waals surface area (Å²) < 4.78 is 24.9. The molecule has 3 aromatic rings. The molecule has 0 saturated heterocycles. The van der Waals surface area contributed by atoms with Crippen molar-refractivity contribution in [2.24, 2.45) is 0 Å². The molecular weight excluding hydrogens is 404 g/mol. The largest absolute Gasteiger partial charge is 0.507 e. The molecule has 3 N–H and O–H groups in total. The van der Waals surface area contributed by atoms with Crippen molar-refractivity contribution in [3.63, 3.8) is 0 Å². The molecule has 8 nitrogen and oxygen atoms in total. The molecule has 160 valence electrons. The summed E-state index contributed by atoms with van der Waals surface area (Å²) in [5.41, 5.74) is 3.17. The lowest BCUT2D eigenvalue weighted by atomic mass is 10.1. The van der Waals surface area contributed by atoms with Gasteiger partial charge in [-0.05, 0) is 36.6 Å². The van der Waals surface area contributed by atoms with E-state index in [1.165, 1.54) is 11.0 Å². The number of aromatic amines is 1. The first-order chi connectivity index (χ1) is 14.2. The molecule has 1 heterocycles. The van der Waals surface area contributed by atoms with E-state index in [4.69, 9.17) is 0 Å². The molecule has 0 aliphatic heterocycles. The van der Waals surface area contributed by atoms with Gasteiger partial charge in [-0.3, -0.25) is 9.89 Å². The number of hydrogen-bond donors (Lipinski definition) is 3. The molecule has 0 unspecified atom stereocenters. The Balaban J connectivity index is 1.83. The van der Waals surface area contributed by atoms with E-state index in [-0.39, 0.29) is 23.8 Å². The van der Waals surface area contributed by atoms with E-state index in [9.17, 15) is 18.3 Å². The maximum atomic E-state index is 13.0. The van der Waals surface area contributed by atoms with E-state index in [2.05, 4.69) is 21.8 Å². The van der Waals surface area contributed by atoms with Crippen LogP contribution in [0.3, 0.4) is 0 Å². The molecule has 2 aromatic carbocycles. The third-order valence-corrected chi connectivity index (χ3v) is 5.59. The second-order valence-corrected chi connectivity index (χ2v) is 9.15. The first-order valence-corrected chi connectivity index (χ1v) is 11.6. The number of rotatable bonds is 8. The average Bonchev–Trinajstić information content (AvgIpc) is 3.10. The van der Waals surface area contributed by atoms with Crippen LogP contribution in [0, 0.1) is 0 Å². The molecule has 1 amide bonds. The summed E-state index contributed by atoms with van der Waals surface area (Å²) in [6.07, 6.45) is 3.93. The lowest BCUT2D eigenvalue weighted by Crippen LogP contribution is -2.26. The fourth-order valence-electron chi connectivity index (χ4n) is 3.16. The van der Waals surface area contributed by atoms with Gasteiger partial charge in [0.2, 0.25) is 10.0 Å². The van der Waals surface area contributed by atoms with Crippen LogP contribution < -0.4 is 9.62 Å². The van der Waals surface area contributed by atoms with E-state index in [1.807, 2.05) is 0 Å². The molecule has 0 saturated carbocycles. The topological polar surface area (TPSA) is 115 Å². The van der Waals surface area contributed by atoms with Gasteiger partial charge in [-0.1, -0.05) is 25.5 Å². The lowest BCUT2D eigenvalue weighted by Gasteiger charge is -2.18. The highest BCUT2D eigenvalue weighted by Gasteiger charge is 2.20. The van der Waals surface area contributed by atoms with Gasteiger partial charge in [-0.2, -0.15) is 5.10 Å². The Morgan fingerprint density at radius 2 is 1.93 bits per heavy atom. The van der Waals surface area contributed by atoms with Crippen molar-refractivity contribution in [2.75, 3.05) is 18.2 Å². The van der Waals surface area contributed by atoms with E-state index in [0.29, 0.717) is 11.2 Å². The fraction of sp³-hybridized carbons (Fsp3) is 0.333. The van der Waals surface area contributed by atoms with E-state index >= 15 is 0 Å². The van der Waals surface area contributed by atoms with Gasteiger partial charge in [-0.25, -0.2) is 13.1 Å². The number of carbonyl (C=O) groups excluding carboxylic acids is 1. The number of unbranched alkanes of at least 4 members (excludes halogenated alkanes) is 1. The van der Waals surface area contributed by atoms with Gasteiger partial charge in [-0.15, -0.1) is 0 Å². The summed E-state index contributed by atoms with van der Waals surface area (Å²) in [6, 6.07) is 10.2. The number of fused-ring (bicyclic) bond motifs is 1. The van der Waals surface area contributed by atoms with Crippen LogP contribution in [0.15, 0.2) is 36.4 Å². The standard InChI is InChI=1S/C21H26N4O4S/c1-4-5-6-18-16-11-17(20(26)12-19(16)24-23-18)21(27)25(2)15-9-7-14(8-10-15)13-22-30(3,28)29/h7-12,22,26H,4-6,13H2,1-3H3,(H,23,24). The molecule has 3 rings (SSSR count). The number of phenols is 1. The Labute approximate surface area is 176 Å². The van der Waals surface area contributed by atoms with Gasteiger partial charge in [0.25, 0.3) is 5.91 Å². The number of aromatic nitrogens is 2. The number of aromatic hydroxyl groups is 1. The third-order valence-electron chi connectivity index (χ3n) is 4.92. The van der Waals surface area contributed by atoms with Crippen LogP contribution in [0.4, 0.5) is 5.69 Å². The number of hydrogen-bond acceptors (Lipinski definition) is 5. The summed E-state index contributed by atoms with van der Waals surface area (Å²) in [4.78, 5) is 14.5. The number of sulfonamides is 1. The monoisotopic (exact) mass is 430 g/mol. The van der Waals surface area contributed by atoms with Crippen molar-refractivity contribution in [2.45, 2.75) is 32.7 Å². The van der Waals surface area contributed by atoms with E-state index < -0.39 is 10.0 Å². The Hall–Kier alpha value is -2.91. The smallest absolute Gasteiger partial charge is 0.261 e. The van der Waals surface area contributed by atoms with Crippen LogP contribution in [0.5, 0.6) is 5.75 Å². The quantitative estimate of drug-likeness (QED) is 0.508. The van der Waals surface area contributed by atoms with Crippen LogP contribution in [0.2, 0.25) is 0 Å². The first kappa shape index (κ1) is 21.8. The van der Waals surface area contributed by atoms with Crippen molar-refractivity contribution in [1.29, 1.82) is 0 Å². The SMILES string of the molecule is CCCCc1n[nH]c2cc(O)c(C(=O)N(C)c3ccc(CNS(C)(=O)=O)cc3)cc12. The number of nitrogens with zero attached hydrogens (tertiary/aromatic N) is 2. The third kappa shape index (κ3) is 4.98. The second-order valence-electron chi connectivity index (χ2n) is 7.31. The highest BCUT2D eigenvalue weighted by atomic mass is 32.2. The zero-order valence-corrected chi connectivity index (χ0v) is 18.1. The van der Waals surface area contributed by atoms with Gasteiger partial charge in [0.15, 0.2) is 0 Å². The Morgan fingerprint density at radius 3 is 2.57 bits per heavy atom. The summed E-state index contributed by atoms with van der Waals surface area (Å²) in [5.74, 6) is -0.460. The zero-order chi connectivity index (χ0) is 21.9. The lowest BCUT2D eigenvalue weighted by molar-refractivity contribution is 0.0990. The van der Waals surface area contributed by atoms with Crippen molar-refractivity contribution < 1.29 is 18.3 Å². The number of aryl methyl sites for hydroxylation is 1. The predicted octanol–water partition coefficient (Wildman–Crippen LogP) is 2.94. The molecule has 30 heavy (non-hydrogen) atoms. The zero-order valence-electron chi connectivity index (χ0n) is 17.3. The molecule has 0 fully saturated rings. The van der Waals surface area contributed by atoms with Crippen molar-refractivity contribution in [3.8, 4) is 5.75 Å². The highest BCUT2D eigenvalue weighted by Crippen LogP contribution is 2.28. The maximum Gasteiger partial charge on any atom is 0.261 e. The van der Waals surface area contributed by atoms with Gasteiger partial charge in [0, 0.05) is 30.7 Å². The Bertz CT molecular complexity index is 1150. The maximum absolute atomic E-state index is 13.0. The average molecular weight is 431 g/mol.